The number of hydrogen-bond acceptors (Lipinski definition) is 3. The lowest BCUT2D eigenvalue weighted by Crippen LogP contribution is -2.40. The highest BCUT2D eigenvalue weighted by Crippen LogP contribution is 2.37. The third-order valence-electron chi connectivity index (χ3n) is 4.10. The first-order chi connectivity index (χ1) is 9.66. The topological polar surface area (TPSA) is 26.7 Å². The highest BCUT2D eigenvalue weighted by Gasteiger charge is 2.24. The lowest BCUT2D eigenvalue weighted by Gasteiger charge is -2.40. The molecule has 0 spiro atoms. The van der Waals surface area contributed by atoms with Crippen molar-refractivity contribution in [3.63, 3.8) is 0 Å². The summed E-state index contributed by atoms with van der Waals surface area (Å²) in [4.78, 5) is 4.70. The summed E-state index contributed by atoms with van der Waals surface area (Å²) >= 11 is 0. The largest absolute Gasteiger partial charge is 0.508 e. The third kappa shape index (κ3) is 2.20. The van der Waals surface area contributed by atoms with Crippen LogP contribution in [0.3, 0.4) is 0 Å². The van der Waals surface area contributed by atoms with Gasteiger partial charge in [0.2, 0.25) is 0 Å². The molecular weight excluding hydrogens is 248 g/mol. The summed E-state index contributed by atoms with van der Waals surface area (Å²) in [6.07, 6.45) is 0. The lowest BCUT2D eigenvalue weighted by molar-refractivity contribution is 0.473. The SMILES string of the molecule is CC(c1cccc(O)c1)N1CCN(C)c2ccccc21. The van der Waals surface area contributed by atoms with Gasteiger partial charge >= 0.3 is 0 Å². The maximum Gasteiger partial charge on any atom is 0.115 e. The monoisotopic (exact) mass is 268 g/mol. The Bertz CT molecular complexity index is 611. The minimum atomic E-state index is 0.247. The van der Waals surface area contributed by atoms with Crippen LogP contribution in [0, 0.1) is 0 Å². The molecule has 1 heterocycles. The number of nitrogens with zero attached hydrogens (tertiary/aromatic N) is 2. The molecule has 3 nitrogen and oxygen atoms in total. The molecule has 0 amide bonds. The number of anilines is 2. The molecular formula is C17H20N2O. The van der Waals surface area contributed by atoms with Gasteiger partial charge in [-0.25, -0.2) is 0 Å². The van der Waals surface area contributed by atoms with Crippen molar-refractivity contribution in [3.05, 3.63) is 54.1 Å². The molecule has 0 aromatic heterocycles. The van der Waals surface area contributed by atoms with Crippen LogP contribution in [0.4, 0.5) is 11.4 Å². The van der Waals surface area contributed by atoms with Gasteiger partial charge in [0.1, 0.15) is 5.75 Å². The Balaban J connectivity index is 1.97. The normalized spacial score (nSPS) is 15.9. The summed E-state index contributed by atoms with van der Waals surface area (Å²) in [6, 6.07) is 16.3. The highest BCUT2D eigenvalue weighted by atomic mass is 16.3. The molecule has 0 radical (unpaired) electrons. The van der Waals surface area contributed by atoms with Crippen LogP contribution in [-0.4, -0.2) is 25.2 Å². The van der Waals surface area contributed by atoms with E-state index in [2.05, 4.69) is 54.1 Å². The molecule has 1 atom stereocenters. The van der Waals surface area contributed by atoms with Crippen molar-refractivity contribution in [3.8, 4) is 5.75 Å². The molecule has 0 bridgehead atoms. The second-order valence-electron chi connectivity index (χ2n) is 5.37. The molecule has 1 N–H and O–H groups in total. The number of aromatic hydroxyl groups is 1. The first kappa shape index (κ1) is 12.9. The average molecular weight is 268 g/mol. The molecule has 0 aliphatic carbocycles. The zero-order valence-corrected chi connectivity index (χ0v) is 12.0. The summed E-state index contributed by atoms with van der Waals surface area (Å²) in [6.45, 7) is 4.20. The molecule has 0 fully saturated rings. The van der Waals surface area contributed by atoms with Gasteiger partial charge in [-0.1, -0.05) is 24.3 Å². The van der Waals surface area contributed by atoms with Crippen LogP contribution in [0.15, 0.2) is 48.5 Å². The van der Waals surface area contributed by atoms with Gasteiger partial charge in [-0.3, -0.25) is 0 Å². The minimum absolute atomic E-state index is 0.247. The van der Waals surface area contributed by atoms with E-state index in [9.17, 15) is 5.11 Å². The maximum absolute atomic E-state index is 9.67. The fraction of sp³-hybridized carbons (Fsp3) is 0.294. The van der Waals surface area contributed by atoms with Crippen LogP contribution in [0.1, 0.15) is 18.5 Å². The van der Waals surface area contributed by atoms with Gasteiger partial charge in [0, 0.05) is 20.1 Å². The zero-order chi connectivity index (χ0) is 14.1. The Morgan fingerprint density at radius 3 is 2.50 bits per heavy atom. The number of para-hydroxylation sites is 2. The molecule has 1 aliphatic heterocycles. The molecule has 3 rings (SSSR count). The van der Waals surface area contributed by atoms with Gasteiger partial charge in [-0.05, 0) is 36.8 Å². The van der Waals surface area contributed by atoms with Crippen LogP contribution in [0.2, 0.25) is 0 Å². The Hall–Kier alpha value is -2.16. The Labute approximate surface area is 120 Å². The van der Waals surface area contributed by atoms with Crippen molar-refractivity contribution in [1.29, 1.82) is 0 Å². The van der Waals surface area contributed by atoms with Crippen LogP contribution in [-0.2, 0) is 0 Å². The lowest BCUT2D eigenvalue weighted by atomic mass is 10.0. The number of rotatable bonds is 2. The summed E-state index contributed by atoms with van der Waals surface area (Å²) in [7, 11) is 2.13. The Kier molecular flexibility index (Phi) is 3.26. The second kappa shape index (κ2) is 5.08. The van der Waals surface area contributed by atoms with E-state index in [4.69, 9.17) is 0 Å². The number of phenolic OH excluding ortho intramolecular Hbond substituents is 1. The van der Waals surface area contributed by atoms with Gasteiger partial charge in [0.25, 0.3) is 0 Å². The van der Waals surface area contributed by atoms with E-state index in [0.29, 0.717) is 5.75 Å². The van der Waals surface area contributed by atoms with Crippen LogP contribution < -0.4 is 9.80 Å². The maximum atomic E-state index is 9.67. The predicted octanol–water partition coefficient (Wildman–Crippen LogP) is 3.41. The van der Waals surface area contributed by atoms with E-state index in [1.165, 1.54) is 11.4 Å². The van der Waals surface area contributed by atoms with E-state index < -0.39 is 0 Å². The van der Waals surface area contributed by atoms with Crippen molar-refractivity contribution >= 4 is 11.4 Å². The van der Waals surface area contributed by atoms with E-state index in [1.54, 1.807) is 6.07 Å². The van der Waals surface area contributed by atoms with Crippen molar-refractivity contribution in [2.75, 3.05) is 29.9 Å². The molecule has 2 aromatic rings. The quantitative estimate of drug-likeness (QED) is 0.904. The first-order valence-corrected chi connectivity index (χ1v) is 7.02. The van der Waals surface area contributed by atoms with Gasteiger partial charge in [-0.15, -0.1) is 0 Å². The summed E-state index contributed by atoms with van der Waals surface area (Å²) in [5, 5.41) is 9.67. The van der Waals surface area contributed by atoms with Crippen LogP contribution >= 0.6 is 0 Å². The molecule has 104 valence electrons. The number of benzene rings is 2. The molecule has 1 aliphatic rings. The van der Waals surface area contributed by atoms with Gasteiger partial charge in [0.15, 0.2) is 0 Å². The van der Waals surface area contributed by atoms with E-state index >= 15 is 0 Å². The van der Waals surface area contributed by atoms with Crippen molar-refractivity contribution in [2.24, 2.45) is 0 Å². The molecule has 1 unspecified atom stereocenters. The highest BCUT2D eigenvalue weighted by molar-refractivity contribution is 5.73. The number of fused-ring (bicyclic) bond motifs is 1. The third-order valence-corrected chi connectivity index (χ3v) is 4.10. The van der Waals surface area contributed by atoms with Crippen LogP contribution in [0.25, 0.3) is 0 Å². The second-order valence-corrected chi connectivity index (χ2v) is 5.37. The summed E-state index contributed by atoms with van der Waals surface area (Å²) in [5.41, 5.74) is 3.67. The molecule has 0 saturated heterocycles. The Morgan fingerprint density at radius 1 is 1.00 bits per heavy atom. The predicted molar refractivity (Wildman–Crippen MR) is 83.6 cm³/mol. The van der Waals surface area contributed by atoms with E-state index in [-0.39, 0.29) is 6.04 Å². The minimum Gasteiger partial charge on any atom is -0.508 e. The molecule has 2 aromatic carbocycles. The van der Waals surface area contributed by atoms with Crippen molar-refractivity contribution in [1.82, 2.24) is 0 Å². The fourth-order valence-corrected chi connectivity index (χ4v) is 2.90. The molecule has 0 saturated carbocycles. The number of phenols is 1. The van der Waals surface area contributed by atoms with Gasteiger partial charge in [-0.2, -0.15) is 0 Å². The summed E-state index contributed by atoms with van der Waals surface area (Å²) in [5.74, 6) is 0.330. The van der Waals surface area contributed by atoms with Gasteiger partial charge in [0.05, 0.1) is 17.4 Å². The fourth-order valence-electron chi connectivity index (χ4n) is 2.90. The van der Waals surface area contributed by atoms with Crippen molar-refractivity contribution in [2.45, 2.75) is 13.0 Å². The standard InChI is InChI=1S/C17H20N2O/c1-13(14-6-5-7-15(20)12-14)19-11-10-18(2)16-8-3-4-9-17(16)19/h3-9,12-13,20H,10-11H2,1-2H3. The average Bonchev–Trinajstić information content (AvgIpc) is 2.47. The van der Waals surface area contributed by atoms with Gasteiger partial charge < -0.3 is 14.9 Å². The first-order valence-electron chi connectivity index (χ1n) is 7.02. The summed E-state index contributed by atoms with van der Waals surface area (Å²) < 4.78 is 0. The van der Waals surface area contributed by atoms with E-state index in [0.717, 1.165) is 18.7 Å². The molecule has 3 heteroatoms. The molecule has 20 heavy (non-hydrogen) atoms. The number of hydrogen-bond donors (Lipinski definition) is 1. The van der Waals surface area contributed by atoms with Crippen molar-refractivity contribution < 1.29 is 5.11 Å². The van der Waals surface area contributed by atoms with E-state index in [1.807, 2.05) is 12.1 Å². The zero-order valence-electron chi connectivity index (χ0n) is 12.0. The number of likely N-dealkylation sites (N-methyl/N-ethyl adjacent to an activating group) is 1. The van der Waals surface area contributed by atoms with Crippen LogP contribution in [0.5, 0.6) is 5.75 Å². The Morgan fingerprint density at radius 2 is 1.75 bits per heavy atom. The smallest absolute Gasteiger partial charge is 0.115 e.